The van der Waals surface area contributed by atoms with Crippen LogP contribution in [0.5, 0.6) is 0 Å². The second-order valence-corrected chi connectivity index (χ2v) is 26.3. The number of hydrogen-bond donors (Lipinski definition) is 9. The maximum Gasteiger partial charge on any atom is 0.481 e. The molecule has 10 atom stereocenters. The van der Waals surface area contributed by atoms with Crippen molar-refractivity contribution in [3.63, 3.8) is 0 Å². The third kappa shape index (κ3) is 20.7. The van der Waals surface area contributed by atoms with Gasteiger partial charge in [-0.3, -0.25) is 28.8 Å². The Morgan fingerprint density at radius 1 is 0.674 bits per heavy atom. The number of nitrogens with one attached hydrogen (secondary N) is 8. The van der Waals surface area contributed by atoms with Gasteiger partial charge in [-0.2, -0.15) is 0 Å². The topological polar surface area (TPSA) is 322 Å². The first-order valence-electron chi connectivity index (χ1n) is 30.4. The molecule has 8 amide bonds. The number of unbranched alkanes of at least 4 members (excludes halogenated alkanes) is 2. The van der Waals surface area contributed by atoms with Crippen LogP contribution in [0.3, 0.4) is 0 Å². The van der Waals surface area contributed by atoms with E-state index in [1.54, 1.807) is 72.7 Å². The first-order chi connectivity index (χ1) is 40.2. The molecule has 24 heteroatoms. The van der Waals surface area contributed by atoms with Crippen molar-refractivity contribution in [1.82, 2.24) is 42.5 Å². The van der Waals surface area contributed by atoms with Gasteiger partial charge in [0.15, 0.2) is 6.17 Å². The SMILES string of the molecule is CCCCc1ccc(-c2ccc(C(=O)N[C@@H](CNC(=O)OC(C)(C)C)C(=O)N[C@@H](CCC(=O)N[C@H](C)C(=O)OCC(C)C)C(=O)N[C@@H](N)C(=O)N[C@@H](CCCCNC(=O)OC(C)(C)C)C(=O)N[C@@H](C)B3O[C@@H]4C[C@@H]5C[C@@H](C5(C)C)[C@]4(C)O3)cc2)cc1. The van der Waals surface area contributed by atoms with E-state index in [4.69, 9.17) is 29.3 Å². The summed E-state index contributed by atoms with van der Waals surface area (Å²) in [6, 6.07) is 9.30. The highest BCUT2D eigenvalue weighted by molar-refractivity contribution is 6.47. The molecule has 1 aliphatic heterocycles. The van der Waals surface area contributed by atoms with Crippen molar-refractivity contribution in [3.05, 3.63) is 59.7 Å². The highest BCUT2D eigenvalue weighted by Crippen LogP contribution is 2.65. The van der Waals surface area contributed by atoms with Gasteiger partial charge in [0, 0.05) is 18.5 Å². The van der Waals surface area contributed by atoms with Crippen molar-refractivity contribution in [2.24, 2.45) is 28.9 Å². The highest BCUT2D eigenvalue weighted by Gasteiger charge is 2.68. The highest BCUT2D eigenvalue weighted by atomic mass is 16.7. The summed E-state index contributed by atoms with van der Waals surface area (Å²) in [5.41, 5.74) is 7.40. The monoisotopic (exact) mass is 1200 g/mol. The first kappa shape index (κ1) is 70.0. The van der Waals surface area contributed by atoms with Crippen LogP contribution in [0.4, 0.5) is 9.59 Å². The molecule has 3 aliphatic carbocycles. The van der Waals surface area contributed by atoms with Gasteiger partial charge in [0.1, 0.15) is 35.4 Å². The van der Waals surface area contributed by atoms with Crippen LogP contribution < -0.4 is 48.3 Å². The minimum atomic E-state index is -1.85. The van der Waals surface area contributed by atoms with Gasteiger partial charge in [0.2, 0.25) is 23.6 Å². The molecule has 2 bridgehead atoms. The predicted molar refractivity (Wildman–Crippen MR) is 324 cm³/mol. The summed E-state index contributed by atoms with van der Waals surface area (Å²) in [4.78, 5) is 122. The Balaban J connectivity index is 1.34. The summed E-state index contributed by atoms with van der Waals surface area (Å²) >= 11 is 0. The zero-order chi connectivity index (χ0) is 63.9. The number of rotatable bonds is 29. The molecule has 476 valence electrons. The van der Waals surface area contributed by atoms with E-state index in [0.717, 1.165) is 43.2 Å². The molecule has 0 aromatic heterocycles. The molecule has 0 spiro atoms. The minimum Gasteiger partial charge on any atom is -0.464 e. The fourth-order valence-corrected chi connectivity index (χ4v) is 10.9. The third-order valence-corrected chi connectivity index (χ3v) is 15.9. The quantitative estimate of drug-likeness (QED) is 0.0156. The second kappa shape index (κ2) is 30.7. The number of esters is 1. The van der Waals surface area contributed by atoms with Crippen molar-refractivity contribution in [2.45, 2.75) is 220 Å². The van der Waals surface area contributed by atoms with E-state index in [1.165, 1.54) is 12.5 Å². The van der Waals surface area contributed by atoms with Gasteiger partial charge in [-0.15, -0.1) is 0 Å². The molecule has 10 N–H and O–H groups in total. The lowest BCUT2D eigenvalue weighted by Gasteiger charge is -2.64. The molecule has 0 radical (unpaired) electrons. The fraction of sp³-hybridized carbons (Fsp3) is 0.661. The van der Waals surface area contributed by atoms with Crippen LogP contribution in [0.2, 0.25) is 0 Å². The largest absolute Gasteiger partial charge is 0.481 e. The lowest BCUT2D eigenvalue weighted by atomic mass is 9.43. The standard InChI is InChI=1S/C62H96BN9O14/c1-15-16-19-39-21-23-40(24-22-39)41-25-27-42(28-26-41)51(74)71-46(34-66-58(81)84-60(9,10)11)54(77)69-45(29-30-49(73)67-37(4)56(79)82-35-36(2)3)53(76)72-50(64)55(78)70-44(20-17-18-31-65-57(80)83-59(6,7)8)52(75)68-38(5)63-85-48-33-43-32-47(61(43,12)13)62(48,14)86-63/h21-28,36-38,43-48,50H,15-20,29-35,64H2,1-14H3,(H,65,80)(H,66,81)(H,67,73)(H,68,75)(H,69,77)(H,70,78)(H,71,74)(H,72,76)/t37-,38+,43+,44+,45+,46+,47+,48-,50-,62+/m1/s1. The van der Waals surface area contributed by atoms with Crippen molar-refractivity contribution >= 4 is 60.7 Å². The molecule has 0 unspecified atom stereocenters. The number of ether oxygens (including phenoxy) is 3. The molecule has 2 aromatic carbocycles. The fourth-order valence-electron chi connectivity index (χ4n) is 10.9. The smallest absolute Gasteiger partial charge is 0.464 e. The number of carbonyl (C=O) groups excluding carboxylic acids is 9. The normalized spacial score (nSPS) is 20.6. The lowest BCUT2D eigenvalue weighted by molar-refractivity contribution is -0.199. The number of carbonyl (C=O) groups is 9. The zero-order valence-corrected chi connectivity index (χ0v) is 53.0. The number of alkyl carbamates (subject to hydrolysis) is 2. The van der Waals surface area contributed by atoms with Crippen LogP contribution in [0.1, 0.15) is 171 Å². The number of hydrogen-bond acceptors (Lipinski definition) is 15. The lowest BCUT2D eigenvalue weighted by Crippen LogP contribution is -2.65. The predicted octanol–water partition coefficient (Wildman–Crippen LogP) is 5.64. The Morgan fingerprint density at radius 3 is 1.84 bits per heavy atom. The third-order valence-electron chi connectivity index (χ3n) is 15.9. The number of aryl methyl sites for hydroxylation is 1. The van der Waals surface area contributed by atoms with Crippen LogP contribution in [0.15, 0.2) is 48.5 Å². The van der Waals surface area contributed by atoms with E-state index in [9.17, 15) is 43.2 Å². The summed E-state index contributed by atoms with van der Waals surface area (Å²) in [5.74, 6) is -5.62. The summed E-state index contributed by atoms with van der Waals surface area (Å²) < 4.78 is 29.0. The van der Waals surface area contributed by atoms with Crippen molar-refractivity contribution in [1.29, 1.82) is 0 Å². The van der Waals surface area contributed by atoms with E-state index >= 15 is 0 Å². The van der Waals surface area contributed by atoms with Gasteiger partial charge in [0.05, 0.1) is 30.8 Å². The summed E-state index contributed by atoms with van der Waals surface area (Å²) in [5, 5.41) is 20.9. The molecule has 3 saturated carbocycles. The molecule has 23 nitrogen and oxygen atoms in total. The van der Waals surface area contributed by atoms with E-state index < -0.39 is 133 Å². The Hall–Kier alpha value is -6.79. The van der Waals surface area contributed by atoms with Gasteiger partial charge in [-0.1, -0.05) is 77.4 Å². The van der Waals surface area contributed by atoms with Crippen LogP contribution >= 0.6 is 0 Å². The van der Waals surface area contributed by atoms with E-state index in [1.807, 2.05) is 26.0 Å². The van der Waals surface area contributed by atoms with E-state index in [-0.39, 0.29) is 48.5 Å². The molecule has 6 rings (SSSR count). The molecule has 4 aliphatic rings. The first-order valence-corrected chi connectivity index (χ1v) is 30.4. The van der Waals surface area contributed by atoms with Crippen molar-refractivity contribution < 1.29 is 66.7 Å². The molecule has 1 saturated heterocycles. The Morgan fingerprint density at radius 2 is 1.24 bits per heavy atom. The van der Waals surface area contributed by atoms with Gasteiger partial charge >= 0.3 is 25.3 Å². The zero-order valence-electron chi connectivity index (χ0n) is 53.0. The average molecular weight is 1200 g/mol. The van der Waals surface area contributed by atoms with Crippen LogP contribution in [0, 0.1) is 23.2 Å². The van der Waals surface area contributed by atoms with Crippen LogP contribution in [-0.4, -0.2) is 140 Å². The number of benzene rings is 2. The Bertz CT molecular complexity index is 2680. The molecular weight excluding hydrogens is 1110 g/mol. The van der Waals surface area contributed by atoms with Gasteiger partial charge < -0.3 is 71.8 Å². The molecule has 2 aromatic rings. The number of amides is 8. The summed E-state index contributed by atoms with van der Waals surface area (Å²) in [7, 11) is -0.785. The molecule has 1 heterocycles. The molecular formula is C62H96BN9O14. The second-order valence-electron chi connectivity index (χ2n) is 26.3. The van der Waals surface area contributed by atoms with Gasteiger partial charge in [0.25, 0.3) is 11.8 Å². The average Bonchev–Trinajstić information content (AvgIpc) is 1.35. The van der Waals surface area contributed by atoms with E-state index in [2.05, 4.69) is 82.4 Å². The maximum absolute atomic E-state index is 14.4. The molecule has 86 heavy (non-hydrogen) atoms. The Labute approximate surface area is 507 Å². The van der Waals surface area contributed by atoms with Crippen LogP contribution in [0.25, 0.3) is 11.1 Å². The summed E-state index contributed by atoms with van der Waals surface area (Å²) in [6.07, 6.45) is 1.31. The summed E-state index contributed by atoms with van der Waals surface area (Å²) in [6.45, 7) is 25.5. The van der Waals surface area contributed by atoms with Crippen molar-refractivity contribution in [2.75, 3.05) is 19.7 Å². The Kier molecular flexibility index (Phi) is 25.0. The van der Waals surface area contributed by atoms with Crippen LogP contribution in [-0.2, 0) is 58.7 Å². The van der Waals surface area contributed by atoms with Gasteiger partial charge in [-0.25, -0.2) is 14.4 Å². The van der Waals surface area contributed by atoms with Gasteiger partial charge in [-0.05, 0) is 166 Å². The van der Waals surface area contributed by atoms with Crippen molar-refractivity contribution in [3.8, 4) is 11.1 Å². The molecule has 4 fully saturated rings. The number of nitrogens with two attached hydrogens (primary N) is 1. The minimum absolute atomic E-state index is 0.0280. The maximum atomic E-state index is 14.4. The van der Waals surface area contributed by atoms with E-state index in [0.29, 0.717) is 18.8 Å².